The Morgan fingerprint density at radius 1 is 0.929 bits per heavy atom. The molecule has 0 amide bonds. The van der Waals surface area contributed by atoms with Crippen molar-refractivity contribution in [3.8, 4) is 11.5 Å². The second-order valence-corrected chi connectivity index (χ2v) is 9.07. The van der Waals surface area contributed by atoms with Gasteiger partial charge in [0.15, 0.2) is 11.5 Å². The Balaban J connectivity index is 1.33. The minimum absolute atomic E-state index is 0.340. The standard InChI is InChI=1S/C23H25ClN2O2/c24-18-4-1-15(2-5-18)12-26-13-19(17-3-6-20-21(11-17)28-14-27-20)23-22(26)16-7-9-25(23)10-8-16/h1-6,11,16,19,22-23H,7-10,12-14H2/t19-,22+,23+/m1/s1. The molecule has 3 atom stereocenters. The Morgan fingerprint density at radius 2 is 1.71 bits per heavy atom. The molecule has 5 heterocycles. The summed E-state index contributed by atoms with van der Waals surface area (Å²) in [5, 5.41) is 0.809. The van der Waals surface area contributed by atoms with Crippen molar-refractivity contribution in [1.82, 2.24) is 9.80 Å². The molecule has 0 radical (unpaired) electrons. The molecule has 2 aromatic rings. The summed E-state index contributed by atoms with van der Waals surface area (Å²) in [5.41, 5.74) is 2.75. The highest BCUT2D eigenvalue weighted by Crippen LogP contribution is 2.48. The average Bonchev–Trinajstić information content (AvgIpc) is 3.36. The normalized spacial score (nSPS) is 33.2. The quantitative estimate of drug-likeness (QED) is 0.778. The first-order valence-electron chi connectivity index (χ1n) is 10.4. The van der Waals surface area contributed by atoms with E-state index < -0.39 is 0 Å². The number of halogens is 1. The van der Waals surface area contributed by atoms with Crippen molar-refractivity contribution >= 4 is 11.6 Å². The molecule has 0 aliphatic carbocycles. The van der Waals surface area contributed by atoms with Crippen molar-refractivity contribution in [2.75, 3.05) is 26.4 Å². The molecule has 146 valence electrons. The van der Waals surface area contributed by atoms with Crippen LogP contribution in [0.25, 0.3) is 0 Å². The van der Waals surface area contributed by atoms with Gasteiger partial charge in [-0.25, -0.2) is 0 Å². The molecular weight excluding hydrogens is 372 g/mol. The van der Waals surface area contributed by atoms with Crippen LogP contribution in [0, 0.1) is 5.92 Å². The number of hydrogen-bond acceptors (Lipinski definition) is 4. The maximum Gasteiger partial charge on any atom is 0.231 e. The Bertz CT molecular complexity index is 879. The molecule has 4 fully saturated rings. The third-order valence-electron chi connectivity index (χ3n) is 7.22. The highest BCUT2D eigenvalue weighted by molar-refractivity contribution is 6.30. The van der Waals surface area contributed by atoms with Crippen LogP contribution in [0.15, 0.2) is 42.5 Å². The lowest BCUT2D eigenvalue weighted by Gasteiger charge is -2.51. The van der Waals surface area contributed by atoms with Crippen molar-refractivity contribution in [2.24, 2.45) is 5.92 Å². The summed E-state index contributed by atoms with van der Waals surface area (Å²) in [6.07, 6.45) is 2.68. The second-order valence-electron chi connectivity index (χ2n) is 8.63. The molecule has 0 aromatic heterocycles. The Labute approximate surface area is 171 Å². The van der Waals surface area contributed by atoms with Gasteiger partial charge in [0.05, 0.1) is 0 Å². The fourth-order valence-corrected chi connectivity index (χ4v) is 6.11. The van der Waals surface area contributed by atoms with E-state index in [9.17, 15) is 0 Å². The molecule has 0 unspecified atom stereocenters. The van der Waals surface area contributed by atoms with Gasteiger partial charge < -0.3 is 9.47 Å². The zero-order chi connectivity index (χ0) is 18.7. The molecular formula is C23H25ClN2O2. The predicted octanol–water partition coefficient (Wildman–Crippen LogP) is 4.13. The molecule has 0 saturated carbocycles. The Hall–Kier alpha value is -1.75. The predicted molar refractivity (Wildman–Crippen MR) is 109 cm³/mol. The van der Waals surface area contributed by atoms with Crippen LogP contribution in [-0.4, -0.2) is 48.3 Å². The number of fused-ring (bicyclic) bond motifs is 3. The van der Waals surface area contributed by atoms with Crippen LogP contribution < -0.4 is 9.47 Å². The first-order chi connectivity index (χ1) is 13.8. The molecule has 4 saturated heterocycles. The molecule has 2 aromatic carbocycles. The van der Waals surface area contributed by atoms with Gasteiger partial charge in [-0.15, -0.1) is 0 Å². The summed E-state index contributed by atoms with van der Waals surface area (Å²) >= 11 is 6.10. The lowest BCUT2D eigenvalue weighted by molar-refractivity contribution is -0.00869. The minimum Gasteiger partial charge on any atom is -0.454 e. The Morgan fingerprint density at radius 3 is 2.54 bits per heavy atom. The number of likely N-dealkylation sites (tertiary alicyclic amines) is 1. The van der Waals surface area contributed by atoms with Crippen LogP contribution in [0.5, 0.6) is 11.5 Å². The van der Waals surface area contributed by atoms with Crippen molar-refractivity contribution in [1.29, 1.82) is 0 Å². The smallest absolute Gasteiger partial charge is 0.231 e. The molecule has 4 nitrogen and oxygen atoms in total. The summed E-state index contributed by atoms with van der Waals surface area (Å²) in [6.45, 7) is 4.95. The zero-order valence-electron chi connectivity index (χ0n) is 15.9. The minimum atomic E-state index is 0.340. The molecule has 5 heteroatoms. The number of nitrogens with zero attached hydrogens (tertiary/aromatic N) is 2. The van der Waals surface area contributed by atoms with E-state index in [1.165, 1.54) is 37.1 Å². The fourth-order valence-electron chi connectivity index (χ4n) is 5.98. The molecule has 0 N–H and O–H groups in total. The van der Waals surface area contributed by atoms with Gasteiger partial charge in [0.2, 0.25) is 6.79 Å². The SMILES string of the molecule is Clc1ccc(CN2C[C@H](c3ccc4c(c3)OCO4)[C@H]3[C@@H]2C2CCN3CC2)cc1. The number of hydrogen-bond donors (Lipinski definition) is 0. The third-order valence-corrected chi connectivity index (χ3v) is 7.47. The van der Waals surface area contributed by atoms with Crippen molar-refractivity contribution in [3.05, 3.63) is 58.6 Å². The van der Waals surface area contributed by atoms with Gasteiger partial charge in [-0.1, -0.05) is 29.8 Å². The van der Waals surface area contributed by atoms with Crippen LogP contribution in [0.3, 0.4) is 0 Å². The monoisotopic (exact) mass is 396 g/mol. The van der Waals surface area contributed by atoms with Gasteiger partial charge in [-0.3, -0.25) is 9.80 Å². The third kappa shape index (κ3) is 2.73. The van der Waals surface area contributed by atoms with E-state index in [0.717, 1.165) is 35.5 Å². The topological polar surface area (TPSA) is 24.9 Å². The van der Waals surface area contributed by atoms with Crippen molar-refractivity contribution in [3.63, 3.8) is 0 Å². The highest BCUT2D eigenvalue weighted by atomic mass is 35.5. The van der Waals surface area contributed by atoms with E-state index in [1.54, 1.807) is 0 Å². The largest absolute Gasteiger partial charge is 0.454 e. The number of piperidine rings is 3. The number of ether oxygens (including phenoxy) is 2. The number of benzene rings is 2. The first kappa shape index (κ1) is 17.1. The van der Waals surface area contributed by atoms with E-state index in [-0.39, 0.29) is 0 Å². The van der Waals surface area contributed by atoms with Gasteiger partial charge >= 0.3 is 0 Å². The van der Waals surface area contributed by atoms with E-state index in [1.807, 2.05) is 12.1 Å². The van der Waals surface area contributed by atoms with Crippen LogP contribution in [-0.2, 0) is 6.54 Å². The summed E-state index contributed by atoms with van der Waals surface area (Å²) in [7, 11) is 0. The second kappa shape index (κ2) is 6.65. The summed E-state index contributed by atoms with van der Waals surface area (Å²) in [5.74, 6) is 3.12. The Kier molecular flexibility index (Phi) is 4.07. The maximum absolute atomic E-state index is 6.10. The maximum atomic E-state index is 6.10. The lowest BCUT2D eigenvalue weighted by Crippen LogP contribution is -2.59. The van der Waals surface area contributed by atoms with Crippen LogP contribution >= 0.6 is 11.6 Å². The average molecular weight is 397 g/mol. The van der Waals surface area contributed by atoms with E-state index in [4.69, 9.17) is 21.1 Å². The summed E-state index contributed by atoms with van der Waals surface area (Å²) < 4.78 is 11.2. The lowest BCUT2D eigenvalue weighted by atomic mass is 9.75. The van der Waals surface area contributed by atoms with Gasteiger partial charge in [0.1, 0.15) is 0 Å². The first-order valence-corrected chi connectivity index (χ1v) is 10.8. The fraction of sp³-hybridized carbons (Fsp3) is 0.478. The summed E-state index contributed by atoms with van der Waals surface area (Å²) in [4.78, 5) is 5.49. The van der Waals surface area contributed by atoms with E-state index >= 15 is 0 Å². The molecule has 7 rings (SSSR count). The molecule has 28 heavy (non-hydrogen) atoms. The van der Waals surface area contributed by atoms with Crippen LogP contribution in [0.4, 0.5) is 0 Å². The van der Waals surface area contributed by atoms with Gasteiger partial charge in [-0.2, -0.15) is 0 Å². The molecule has 5 aliphatic heterocycles. The molecule has 2 bridgehead atoms. The molecule has 5 aliphatic rings. The van der Waals surface area contributed by atoms with Crippen LogP contribution in [0.2, 0.25) is 5.02 Å². The highest BCUT2D eigenvalue weighted by Gasteiger charge is 2.53. The summed E-state index contributed by atoms with van der Waals surface area (Å²) in [6, 6.07) is 16.2. The van der Waals surface area contributed by atoms with E-state index in [2.05, 4.69) is 40.1 Å². The van der Waals surface area contributed by atoms with Gasteiger partial charge in [0, 0.05) is 36.1 Å². The van der Waals surface area contributed by atoms with Crippen molar-refractivity contribution in [2.45, 2.75) is 37.4 Å². The van der Waals surface area contributed by atoms with Crippen molar-refractivity contribution < 1.29 is 9.47 Å². The molecule has 0 spiro atoms. The van der Waals surface area contributed by atoms with E-state index in [0.29, 0.717) is 24.8 Å². The zero-order valence-corrected chi connectivity index (χ0v) is 16.6. The van der Waals surface area contributed by atoms with Crippen LogP contribution in [0.1, 0.15) is 29.9 Å². The van der Waals surface area contributed by atoms with Gasteiger partial charge in [0.25, 0.3) is 0 Å². The van der Waals surface area contributed by atoms with Gasteiger partial charge in [-0.05, 0) is 67.2 Å². The number of rotatable bonds is 3.